The highest BCUT2D eigenvalue weighted by molar-refractivity contribution is 5.94. The van der Waals surface area contributed by atoms with Crippen LogP contribution >= 0.6 is 0 Å². The van der Waals surface area contributed by atoms with Crippen LogP contribution in [0.3, 0.4) is 0 Å². The fourth-order valence-electron chi connectivity index (χ4n) is 4.62. The van der Waals surface area contributed by atoms with Gasteiger partial charge in [-0.25, -0.2) is 9.59 Å². The van der Waals surface area contributed by atoms with Gasteiger partial charge in [0.2, 0.25) is 11.8 Å². The van der Waals surface area contributed by atoms with Crippen LogP contribution in [0, 0.1) is 5.92 Å². The first-order chi connectivity index (χ1) is 20.5. The van der Waals surface area contributed by atoms with E-state index in [1.165, 1.54) is 11.9 Å². The molecule has 9 heteroatoms. The number of amides is 3. The summed E-state index contributed by atoms with van der Waals surface area (Å²) in [6, 6.07) is 13.7. The highest BCUT2D eigenvalue weighted by atomic mass is 16.6. The third-order valence-electron chi connectivity index (χ3n) is 7.13. The molecule has 0 spiro atoms. The van der Waals surface area contributed by atoms with Crippen molar-refractivity contribution in [1.29, 1.82) is 0 Å². The molecule has 4 unspecified atom stereocenters. The minimum atomic E-state index is -1.10. The molecule has 0 aromatic heterocycles. The van der Waals surface area contributed by atoms with Crippen LogP contribution in [0.15, 0.2) is 54.6 Å². The first-order valence-electron chi connectivity index (χ1n) is 15.4. The molecule has 0 fully saturated rings. The molecule has 9 nitrogen and oxygen atoms in total. The van der Waals surface area contributed by atoms with Crippen molar-refractivity contribution in [2.75, 3.05) is 7.05 Å². The summed E-state index contributed by atoms with van der Waals surface area (Å²) >= 11 is 0. The second kappa shape index (κ2) is 15.7. The Bertz CT molecular complexity index is 1250. The Labute approximate surface area is 263 Å². The lowest BCUT2D eigenvalue weighted by Gasteiger charge is -2.34. The number of carbonyl (C=O) groups is 4. The van der Waals surface area contributed by atoms with E-state index in [-0.39, 0.29) is 12.3 Å². The fourth-order valence-corrected chi connectivity index (χ4v) is 4.62. The number of esters is 1. The van der Waals surface area contributed by atoms with Crippen molar-refractivity contribution < 1.29 is 28.7 Å². The van der Waals surface area contributed by atoms with E-state index in [2.05, 4.69) is 10.6 Å². The van der Waals surface area contributed by atoms with Gasteiger partial charge in [-0.2, -0.15) is 0 Å². The van der Waals surface area contributed by atoms with Crippen LogP contribution in [-0.2, 0) is 36.7 Å². The minimum Gasteiger partial charge on any atom is -0.458 e. The molecular weight excluding hydrogens is 558 g/mol. The van der Waals surface area contributed by atoms with Crippen molar-refractivity contribution in [3.63, 3.8) is 0 Å². The van der Waals surface area contributed by atoms with Crippen molar-refractivity contribution in [2.45, 2.75) is 111 Å². The van der Waals surface area contributed by atoms with Crippen molar-refractivity contribution in [2.24, 2.45) is 5.92 Å². The summed E-state index contributed by atoms with van der Waals surface area (Å²) in [5, 5.41) is 5.61. The topological polar surface area (TPSA) is 114 Å². The molecule has 4 atom stereocenters. The maximum Gasteiger partial charge on any atom is 0.408 e. The van der Waals surface area contributed by atoms with Gasteiger partial charge in [0, 0.05) is 13.5 Å². The average Bonchev–Trinajstić information content (AvgIpc) is 2.94. The molecule has 44 heavy (non-hydrogen) atoms. The lowest BCUT2D eigenvalue weighted by molar-refractivity contribution is -0.159. The Morgan fingerprint density at radius 3 is 1.86 bits per heavy atom. The Kier molecular flexibility index (Phi) is 13.0. The molecule has 2 aromatic rings. The number of hydrogen-bond donors (Lipinski definition) is 2. The summed E-state index contributed by atoms with van der Waals surface area (Å²) in [6.45, 7) is 16.3. The second-order valence-electron chi connectivity index (χ2n) is 13.2. The standard InChI is InChI=1S/C35H51N3O6/c1-11-23(3)28(37-33(42)44-35(7,8)9)31(40)38(10)29(26-20-18-24(12-2)19-21-26)30(39)36-27(32(41)43-34(4,5)6)22-25-16-14-13-15-17-25/h13-21,23,27-29H,11-12,22H2,1-10H3,(H,36,39)(H,37,42). The number of aryl methyl sites for hydroxylation is 1. The van der Waals surface area contributed by atoms with Gasteiger partial charge in [-0.3, -0.25) is 9.59 Å². The van der Waals surface area contributed by atoms with Gasteiger partial charge in [0.05, 0.1) is 0 Å². The van der Waals surface area contributed by atoms with E-state index >= 15 is 0 Å². The molecule has 0 aliphatic rings. The van der Waals surface area contributed by atoms with E-state index in [0.29, 0.717) is 12.0 Å². The maximum atomic E-state index is 14.2. The number of nitrogens with zero attached hydrogens (tertiary/aromatic N) is 1. The number of rotatable bonds is 12. The monoisotopic (exact) mass is 609 g/mol. The van der Waals surface area contributed by atoms with Gasteiger partial charge < -0.3 is 25.0 Å². The van der Waals surface area contributed by atoms with E-state index in [0.717, 1.165) is 17.5 Å². The highest BCUT2D eigenvalue weighted by Crippen LogP contribution is 2.25. The molecular formula is C35H51N3O6. The number of ether oxygens (including phenoxy) is 2. The summed E-state index contributed by atoms with van der Waals surface area (Å²) in [5.74, 6) is -1.83. The van der Waals surface area contributed by atoms with Crippen LogP contribution in [0.25, 0.3) is 0 Å². The van der Waals surface area contributed by atoms with Crippen LogP contribution < -0.4 is 10.6 Å². The van der Waals surface area contributed by atoms with Crippen LogP contribution in [0.2, 0.25) is 0 Å². The molecule has 0 heterocycles. The summed E-state index contributed by atoms with van der Waals surface area (Å²) in [6.07, 6.45) is 0.890. The minimum absolute atomic E-state index is 0.205. The SMILES string of the molecule is CCc1ccc(C(C(=O)NC(Cc2ccccc2)C(=O)OC(C)(C)C)N(C)C(=O)C(NC(=O)OC(C)(C)C)C(C)CC)cc1. The third-order valence-corrected chi connectivity index (χ3v) is 7.13. The molecule has 2 aromatic carbocycles. The van der Waals surface area contributed by atoms with Crippen molar-refractivity contribution in [3.8, 4) is 0 Å². The maximum absolute atomic E-state index is 14.2. The zero-order chi connectivity index (χ0) is 33.2. The summed E-state index contributed by atoms with van der Waals surface area (Å²) in [5.41, 5.74) is 0.962. The largest absolute Gasteiger partial charge is 0.458 e. The van der Waals surface area contributed by atoms with E-state index < -0.39 is 53.2 Å². The van der Waals surface area contributed by atoms with E-state index in [9.17, 15) is 19.2 Å². The molecule has 0 saturated heterocycles. The number of carbonyl (C=O) groups excluding carboxylic acids is 4. The van der Waals surface area contributed by atoms with E-state index in [1.54, 1.807) is 41.5 Å². The van der Waals surface area contributed by atoms with Crippen LogP contribution in [-0.4, -0.2) is 59.1 Å². The van der Waals surface area contributed by atoms with Gasteiger partial charge in [-0.05, 0) is 70.6 Å². The summed E-state index contributed by atoms with van der Waals surface area (Å²) < 4.78 is 11.1. The first-order valence-corrected chi connectivity index (χ1v) is 15.4. The molecule has 2 rings (SSSR count). The number of hydrogen-bond acceptors (Lipinski definition) is 6. The quantitative estimate of drug-likeness (QED) is 0.296. The van der Waals surface area contributed by atoms with Crippen LogP contribution in [0.1, 0.15) is 91.5 Å². The van der Waals surface area contributed by atoms with Gasteiger partial charge in [-0.15, -0.1) is 0 Å². The lowest BCUT2D eigenvalue weighted by atomic mass is 9.95. The first kappa shape index (κ1) is 36.3. The van der Waals surface area contributed by atoms with E-state index in [1.807, 2.05) is 75.4 Å². The predicted octanol–water partition coefficient (Wildman–Crippen LogP) is 5.76. The van der Waals surface area contributed by atoms with E-state index in [4.69, 9.17) is 9.47 Å². The zero-order valence-corrected chi connectivity index (χ0v) is 28.0. The Morgan fingerprint density at radius 1 is 0.795 bits per heavy atom. The fraction of sp³-hybridized carbons (Fsp3) is 0.543. The molecule has 3 amide bonds. The Balaban J connectivity index is 2.50. The number of likely N-dealkylation sites (N-methyl/N-ethyl adjacent to an activating group) is 1. The van der Waals surface area contributed by atoms with Gasteiger partial charge in [-0.1, -0.05) is 81.8 Å². The van der Waals surface area contributed by atoms with Gasteiger partial charge >= 0.3 is 12.1 Å². The van der Waals surface area contributed by atoms with Gasteiger partial charge in [0.25, 0.3) is 0 Å². The van der Waals surface area contributed by atoms with Crippen molar-refractivity contribution in [1.82, 2.24) is 15.5 Å². The summed E-state index contributed by atoms with van der Waals surface area (Å²) in [4.78, 5) is 55.6. The Morgan fingerprint density at radius 2 is 1.36 bits per heavy atom. The van der Waals surface area contributed by atoms with Crippen LogP contribution in [0.5, 0.6) is 0 Å². The Hall–Kier alpha value is -3.88. The lowest BCUT2D eigenvalue weighted by Crippen LogP contribution is -2.55. The zero-order valence-electron chi connectivity index (χ0n) is 28.0. The number of benzene rings is 2. The smallest absolute Gasteiger partial charge is 0.408 e. The van der Waals surface area contributed by atoms with Gasteiger partial charge in [0.1, 0.15) is 29.3 Å². The summed E-state index contributed by atoms with van der Waals surface area (Å²) in [7, 11) is 1.53. The number of nitrogens with one attached hydrogen (secondary N) is 2. The third kappa shape index (κ3) is 11.3. The molecule has 0 bridgehead atoms. The number of alkyl carbamates (subject to hydrolysis) is 1. The normalized spacial score (nSPS) is 14.4. The van der Waals surface area contributed by atoms with Gasteiger partial charge in [0.15, 0.2) is 0 Å². The highest BCUT2D eigenvalue weighted by Gasteiger charge is 2.38. The molecule has 0 aliphatic carbocycles. The molecule has 0 aliphatic heterocycles. The van der Waals surface area contributed by atoms with Crippen LogP contribution in [0.4, 0.5) is 4.79 Å². The molecule has 242 valence electrons. The average molecular weight is 610 g/mol. The molecule has 0 radical (unpaired) electrons. The molecule has 2 N–H and O–H groups in total. The second-order valence-corrected chi connectivity index (χ2v) is 13.2. The van der Waals surface area contributed by atoms with Crippen molar-refractivity contribution in [3.05, 3.63) is 71.3 Å². The molecule has 0 saturated carbocycles. The van der Waals surface area contributed by atoms with Crippen molar-refractivity contribution >= 4 is 23.9 Å². The predicted molar refractivity (Wildman–Crippen MR) is 172 cm³/mol.